The van der Waals surface area contributed by atoms with Gasteiger partial charge in [0.15, 0.2) is 11.5 Å². The molecule has 32 heavy (non-hydrogen) atoms. The monoisotopic (exact) mass is 472 g/mol. The molecular formula is C23H18Cl2N2O5. The molecule has 7 nitrogen and oxygen atoms in total. The van der Waals surface area contributed by atoms with Crippen LogP contribution in [0.3, 0.4) is 0 Å². The minimum Gasteiger partial charge on any atom is -0.507 e. The first-order valence-corrected chi connectivity index (χ1v) is 10.2. The van der Waals surface area contributed by atoms with E-state index < -0.39 is 11.9 Å². The van der Waals surface area contributed by atoms with Crippen LogP contribution in [0.25, 0.3) is 0 Å². The maximum Gasteiger partial charge on any atom is 0.345 e. The van der Waals surface area contributed by atoms with Gasteiger partial charge in [0.2, 0.25) is 0 Å². The molecule has 3 rings (SSSR count). The maximum atomic E-state index is 12.5. The van der Waals surface area contributed by atoms with E-state index >= 15 is 0 Å². The number of rotatable bonds is 7. The Hall–Kier alpha value is -3.55. The molecule has 0 aliphatic carbocycles. The van der Waals surface area contributed by atoms with E-state index in [0.29, 0.717) is 22.9 Å². The van der Waals surface area contributed by atoms with Crippen LogP contribution in [0.15, 0.2) is 65.8 Å². The van der Waals surface area contributed by atoms with Gasteiger partial charge in [-0.1, -0.05) is 35.3 Å². The van der Waals surface area contributed by atoms with Crippen molar-refractivity contribution in [2.45, 2.75) is 6.92 Å². The average Bonchev–Trinajstić information content (AvgIpc) is 2.75. The Labute approximate surface area is 194 Å². The number of halogens is 2. The van der Waals surface area contributed by atoms with Gasteiger partial charge in [-0.25, -0.2) is 10.2 Å². The van der Waals surface area contributed by atoms with Crippen molar-refractivity contribution >= 4 is 41.3 Å². The molecular weight excluding hydrogens is 455 g/mol. The third-order valence-electron chi connectivity index (χ3n) is 4.15. The highest BCUT2D eigenvalue weighted by Gasteiger charge is 2.16. The summed E-state index contributed by atoms with van der Waals surface area (Å²) >= 11 is 11.9. The van der Waals surface area contributed by atoms with Crippen molar-refractivity contribution in [2.75, 3.05) is 6.61 Å². The minimum atomic E-state index is -0.663. The normalized spacial score (nSPS) is 10.7. The number of phenolic OH excluding ortho intramolecular Hbond substituents is 1. The van der Waals surface area contributed by atoms with E-state index in [1.807, 2.05) is 0 Å². The van der Waals surface area contributed by atoms with E-state index in [2.05, 4.69) is 10.5 Å². The Morgan fingerprint density at radius 2 is 1.81 bits per heavy atom. The second-order valence-electron chi connectivity index (χ2n) is 6.37. The summed E-state index contributed by atoms with van der Waals surface area (Å²) in [5, 5.41) is 14.2. The van der Waals surface area contributed by atoms with E-state index in [1.54, 1.807) is 37.3 Å². The molecule has 3 aromatic rings. The van der Waals surface area contributed by atoms with Gasteiger partial charge >= 0.3 is 5.97 Å². The number of carbonyl (C=O) groups excluding carboxylic acids is 2. The Bertz CT molecular complexity index is 1180. The predicted octanol–water partition coefficient (Wildman–Crippen LogP) is 5.08. The first-order valence-electron chi connectivity index (χ1n) is 9.44. The molecule has 0 bridgehead atoms. The quantitative estimate of drug-likeness (QED) is 0.216. The highest BCUT2D eigenvalue weighted by molar-refractivity contribution is 6.36. The fraction of sp³-hybridized carbons (Fsp3) is 0.0870. The molecule has 0 aliphatic rings. The van der Waals surface area contributed by atoms with Gasteiger partial charge in [-0.05, 0) is 61.0 Å². The first kappa shape index (κ1) is 23.1. The highest BCUT2D eigenvalue weighted by Crippen LogP contribution is 2.30. The van der Waals surface area contributed by atoms with Gasteiger partial charge in [-0.3, -0.25) is 4.79 Å². The number of benzene rings is 3. The van der Waals surface area contributed by atoms with E-state index in [9.17, 15) is 14.7 Å². The number of nitrogens with zero attached hydrogens (tertiary/aromatic N) is 1. The van der Waals surface area contributed by atoms with Gasteiger partial charge in [0.1, 0.15) is 5.75 Å². The second-order valence-corrected chi connectivity index (χ2v) is 7.21. The zero-order chi connectivity index (χ0) is 23.1. The van der Waals surface area contributed by atoms with E-state index in [4.69, 9.17) is 32.7 Å². The van der Waals surface area contributed by atoms with Gasteiger partial charge in [0, 0.05) is 5.02 Å². The maximum absolute atomic E-state index is 12.5. The van der Waals surface area contributed by atoms with Crippen molar-refractivity contribution in [3.63, 3.8) is 0 Å². The lowest BCUT2D eigenvalue weighted by Gasteiger charge is -2.12. The molecule has 0 atom stereocenters. The number of hydrazone groups is 1. The minimum absolute atomic E-state index is 0.0998. The summed E-state index contributed by atoms with van der Waals surface area (Å²) in [6.07, 6.45) is 1.39. The number of aromatic hydroxyl groups is 1. The van der Waals surface area contributed by atoms with Gasteiger partial charge in [0.05, 0.1) is 29.0 Å². The predicted molar refractivity (Wildman–Crippen MR) is 122 cm³/mol. The summed E-state index contributed by atoms with van der Waals surface area (Å²) in [4.78, 5) is 24.6. The van der Waals surface area contributed by atoms with Crippen molar-refractivity contribution in [2.24, 2.45) is 5.10 Å². The zero-order valence-electron chi connectivity index (χ0n) is 16.8. The van der Waals surface area contributed by atoms with E-state index in [0.717, 1.165) is 0 Å². The van der Waals surface area contributed by atoms with Crippen molar-refractivity contribution < 1.29 is 24.2 Å². The lowest BCUT2D eigenvalue weighted by molar-refractivity contribution is 0.0728. The fourth-order valence-electron chi connectivity index (χ4n) is 2.66. The number of ether oxygens (including phenoxy) is 2. The number of amides is 1. The summed E-state index contributed by atoms with van der Waals surface area (Å²) in [7, 11) is 0. The van der Waals surface area contributed by atoms with Crippen LogP contribution in [0.4, 0.5) is 0 Å². The number of phenols is 1. The largest absolute Gasteiger partial charge is 0.507 e. The summed E-state index contributed by atoms with van der Waals surface area (Å²) < 4.78 is 11.0. The standard InChI is InChI=1S/C23H18Cl2N2O5/c1-2-31-21-11-14(13-26-27-22(29)17-5-3-4-6-19(17)28)7-10-20(21)32-23(30)16-9-8-15(24)12-18(16)25/h3-13,28H,2H2,1H3,(H,27,29)/b26-13+. The van der Waals surface area contributed by atoms with Crippen LogP contribution in [0.5, 0.6) is 17.2 Å². The topological polar surface area (TPSA) is 97.2 Å². The number of esters is 1. The Kier molecular flexibility index (Phi) is 7.70. The Morgan fingerprint density at radius 3 is 2.53 bits per heavy atom. The van der Waals surface area contributed by atoms with Crippen molar-refractivity contribution in [1.82, 2.24) is 5.43 Å². The molecule has 0 heterocycles. The van der Waals surface area contributed by atoms with Crippen LogP contribution in [-0.4, -0.2) is 29.8 Å². The summed E-state index contributed by atoms with van der Waals surface area (Å²) in [5.74, 6) is -0.871. The molecule has 164 valence electrons. The molecule has 0 fully saturated rings. The van der Waals surface area contributed by atoms with Crippen LogP contribution >= 0.6 is 23.2 Å². The summed E-state index contributed by atoms with van der Waals surface area (Å²) in [6, 6.07) is 15.4. The smallest absolute Gasteiger partial charge is 0.345 e. The van der Waals surface area contributed by atoms with Crippen LogP contribution < -0.4 is 14.9 Å². The number of para-hydroxylation sites is 1. The highest BCUT2D eigenvalue weighted by atomic mass is 35.5. The molecule has 0 aliphatic heterocycles. The van der Waals surface area contributed by atoms with Crippen LogP contribution in [-0.2, 0) is 0 Å². The lowest BCUT2D eigenvalue weighted by atomic mass is 10.2. The van der Waals surface area contributed by atoms with Crippen LogP contribution in [0.1, 0.15) is 33.2 Å². The van der Waals surface area contributed by atoms with E-state index in [-0.39, 0.29) is 27.6 Å². The molecule has 0 saturated heterocycles. The summed E-state index contributed by atoms with van der Waals surface area (Å²) in [5.41, 5.74) is 3.18. The fourth-order valence-corrected chi connectivity index (χ4v) is 3.14. The molecule has 0 radical (unpaired) electrons. The van der Waals surface area contributed by atoms with E-state index in [1.165, 1.54) is 36.5 Å². The third kappa shape index (κ3) is 5.78. The van der Waals surface area contributed by atoms with Gasteiger partial charge in [-0.2, -0.15) is 5.10 Å². The molecule has 1 amide bonds. The summed E-state index contributed by atoms with van der Waals surface area (Å²) in [6.45, 7) is 2.12. The number of hydrogen-bond acceptors (Lipinski definition) is 6. The number of nitrogens with one attached hydrogen (secondary N) is 1. The van der Waals surface area contributed by atoms with Gasteiger partial charge in [-0.15, -0.1) is 0 Å². The molecule has 0 unspecified atom stereocenters. The van der Waals surface area contributed by atoms with Crippen LogP contribution in [0, 0.1) is 0 Å². The third-order valence-corrected chi connectivity index (χ3v) is 4.70. The molecule has 0 aromatic heterocycles. The first-order chi connectivity index (χ1) is 15.4. The average molecular weight is 473 g/mol. The van der Waals surface area contributed by atoms with Crippen molar-refractivity contribution in [1.29, 1.82) is 0 Å². The number of carbonyl (C=O) groups is 2. The molecule has 3 aromatic carbocycles. The van der Waals surface area contributed by atoms with Gasteiger partial charge < -0.3 is 14.6 Å². The van der Waals surface area contributed by atoms with Crippen molar-refractivity contribution in [3.05, 3.63) is 87.4 Å². The Morgan fingerprint density at radius 1 is 1.03 bits per heavy atom. The lowest BCUT2D eigenvalue weighted by Crippen LogP contribution is -2.17. The van der Waals surface area contributed by atoms with Gasteiger partial charge in [0.25, 0.3) is 5.91 Å². The Balaban J connectivity index is 1.74. The van der Waals surface area contributed by atoms with Crippen LogP contribution in [0.2, 0.25) is 10.0 Å². The number of hydrogen-bond donors (Lipinski definition) is 2. The molecule has 9 heteroatoms. The molecule has 2 N–H and O–H groups in total. The second kappa shape index (κ2) is 10.7. The molecule has 0 saturated carbocycles. The SMILES string of the molecule is CCOc1cc(/C=N/NC(=O)c2ccccc2O)ccc1OC(=O)c1ccc(Cl)cc1Cl. The molecule has 0 spiro atoms. The zero-order valence-corrected chi connectivity index (χ0v) is 18.4. The van der Waals surface area contributed by atoms with Crippen molar-refractivity contribution in [3.8, 4) is 17.2 Å².